The SMILES string of the molecule is COCC1CC(c2ncc(-c3ccc(-c4ccc(-c5cnc([C@@H]6CC[C@H](C)N6C(=O)[C@@H](NC(=O)OC)C(C)C)[nH]5)cc4)cc3)[nH]2)N(C(=O)OC(C)(C)C)C1. The van der Waals surface area contributed by atoms with Gasteiger partial charge in [-0.3, -0.25) is 9.69 Å². The number of hydrogen-bond donors (Lipinski definition) is 3. The largest absolute Gasteiger partial charge is 0.453 e. The number of H-pyrrole nitrogens is 2. The number of carbonyl (C=O) groups excluding carboxylic acids is 3. The Morgan fingerprint density at radius 2 is 1.39 bits per heavy atom. The third kappa shape index (κ3) is 8.46. The third-order valence-corrected chi connectivity index (χ3v) is 10.3. The molecule has 4 heterocycles. The minimum Gasteiger partial charge on any atom is -0.453 e. The second-order valence-corrected chi connectivity index (χ2v) is 15.8. The number of nitrogens with one attached hydrogen (secondary N) is 3. The minimum absolute atomic E-state index is 0.00778. The van der Waals surface area contributed by atoms with E-state index < -0.39 is 17.7 Å². The van der Waals surface area contributed by atoms with Gasteiger partial charge in [-0.05, 0) is 75.1 Å². The number of hydrogen-bond acceptors (Lipinski definition) is 8. The molecule has 0 spiro atoms. The lowest BCUT2D eigenvalue weighted by Crippen LogP contribution is -2.52. The van der Waals surface area contributed by atoms with Crippen molar-refractivity contribution in [3.05, 3.63) is 72.6 Å². The first-order valence-corrected chi connectivity index (χ1v) is 18.7. The molecule has 2 aromatic carbocycles. The second-order valence-electron chi connectivity index (χ2n) is 15.8. The van der Waals surface area contributed by atoms with Crippen molar-refractivity contribution in [2.24, 2.45) is 11.8 Å². The van der Waals surface area contributed by atoms with E-state index in [2.05, 4.69) is 63.8 Å². The lowest BCUT2D eigenvalue weighted by atomic mass is 10.0. The highest BCUT2D eigenvalue weighted by molar-refractivity contribution is 5.86. The van der Waals surface area contributed by atoms with E-state index in [1.54, 1.807) is 12.0 Å². The molecule has 3 N–H and O–H groups in total. The van der Waals surface area contributed by atoms with Crippen LogP contribution in [0.1, 0.15) is 84.5 Å². The number of rotatable bonds is 10. The van der Waals surface area contributed by atoms with E-state index in [4.69, 9.17) is 24.2 Å². The van der Waals surface area contributed by atoms with Crippen LogP contribution in [0.4, 0.5) is 9.59 Å². The van der Waals surface area contributed by atoms with E-state index in [9.17, 15) is 14.4 Å². The van der Waals surface area contributed by atoms with Gasteiger partial charge in [0.2, 0.25) is 5.91 Å². The fourth-order valence-electron chi connectivity index (χ4n) is 7.53. The van der Waals surface area contributed by atoms with E-state index in [1.807, 2.05) is 58.8 Å². The van der Waals surface area contributed by atoms with Gasteiger partial charge in [0.25, 0.3) is 0 Å². The van der Waals surface area contributed by atoms with E-state index in [0.29, 0.717) is 13.2 Å². The predicted molar refractivity (Wildman–Crippen MR) is 205 cm³/mol. The van der Waals surface area contributed by atoms with Gasteiger partial charge in [0.1, 0.15) is 23.3 Å². The Labute approximate surface area is 317 Å². The summed E-state index contributed by atoms with van der Waals surface area (Å²) in [5.74, 6) is 1.40. The molecule has 2 aliphatic heterocycles. The summed E-state index contributed by atoms with van der Waals surface area (Å²) in [6, 6.07) is 15.5. The molecule has 5 atom stereocenters. The maximum absolute atomic E-state index is 13.7. The Kier molecular flexibility index (Phi) is 11.5. The number of aromatic amines is 2. The van der Waals surface area contributed by atoms with Gasteiger partial charge in [-0.2, -0.15) is 0 Å². The number of likely N-dealkylation sites (tertiary alicyclic amines) is 2. The summed E-state index contributed by atoms with van der Waals surface area (Å²) >= 11 is 0. The molecule has 0 saturated carbocycles. The number of imidazole rings is 2. The van der Waals surface area contributed by atoms with Crippen LogP contribution in [-0.4, -0.2) is 92.9 Å². The number of ether oxygens (including phenoxy) is 3. The van der Waals surface area contributed by atoms with Gasteiger partial charge in [-0.1, -0.05) is 62.4 Å². The zero-order valence-corrected chi connectivity index (χ0v) is 32.5. The first-order valence-electron chi connectivity index (χ1n) is 18.7. The number of aromatic nitrogens is 4. The number of methoxy groups -OCH3 is 2. The maximum atomic E-state index is 13.7. The van der Waals surface area contributed by atoms with Crippen molar-refractivity contribution in [1.82, 2.24) is 35.1 Å². The van der Waals surface area contributed by atoms with Crippen molar-refractivity contribution >= 4 is 18.1 Å². The molecule has 2 saturated heterocycles. The summed E-state index contributed by atoms with van der Waals surface area (Å²) in [7, 11) is 2.97. The highest BCUT2D eigenvalue weighted by Gasteiger charge is 2.42. The van der Waals surface area contributed by atoms with Gasteiger partial charge in [0.05, 0.1) is 49.6 Å². The minimum atomic E-state index is -0.698. The van der Waals surface area contributed by atoms with Crippen molar-refractivity contribution in [2.75, 3.05) is 27.4 Å². The Balaban J connectivity index is 1.13. The van der Waals surface area contributed by atoms with Crippen LogP contribution in [0.5, 0.6) is 0 Å². The summed E-state index contributed by atoms with van der Waals surface area (Å²) < 4.78 is 15.9. The molecule has 6 rings (SSSR count). The fraction of sp³-hybridized carbons (Fsp3) is 0.488. The van der Waals surface area contributed by atoms with E-state index in [1.165, 1.54) is 7.11 Å². The number of nitrogens with zero attached hydrogens (tertiary/aromatic N) is 4. The maximum Gasteiger partial charge on any atom is 0.410 e. The molecule has 54 heavy (non-hydrogen) atoms. The number of amides is 3. The van der Waals surface area contributed by atoms with Gasteiger partial charge in [0, 0.05) is 25.6 Å². The van der Waals surface area contributed by atoms with Crippen molar-refractivity contribution in [3.63, 3.8) is 0 Å². The predicted octanol–water partition coefficient (Wildman–Crippen LogP) is 7.51. The molecule has 288 valence electrons. The summed E-state index contributed by atoms with van der Waals surface area (Å²) in [5.41, 5.74) is 5.25. The van der Waals surface area contributed by atoms with Gasteiger partial charge < -0.3 is 34.4 Å². The van der Waals surface area contributed by atoms with E-state index >= 15 is 0 Å². The van der Waals surface area contributed by atoms with Gasteiger partial charge >= 0.3 is 12.2 Å². The van der Waals surface area contributed by atoms with Crippen LogP contribution in [0, 0.1) is 11.8 Å². The van der Waals surface area contributed by atoms with Crippen LogP contribution in [0.2, 0.25) is 0 Å². The molecule has 0 radical (unpaired) electrons. The van der Waals surface area contributed by atoms with Crippen LogP contribution < -0.4 is 5.32 Å². The zero-order chi connectivity index (χ0) is 38.7. The summed E-state index contributed by atoms with van der Waals surface area (Å²) in [6.07, 6.45) is 5.01. The third-order valence-electron chi connectivity index (χ3n) is 10.3. The molecule has 3 amide bonds. The summed E-state index contributed by atoms with van der Waals surface area (Å²) in [5, 5.41) is 2.72. The Morgan fingerprint density at radius 3 is 1.89 bits per heavy atom. The van der Waals surface area contributed by atoms with Crippen molar-refractivity contribution in [3.8, 4) is 33.6 Å². The van der Waals surface area contributed by atoms with E-state index in [-0.39, 0.29) is 42.0 Å². The topological polar surface area (TPSA) is 155 Å². The smallest absolute Gasteiger partial charge is 0.410 e. The average Bonchev–Trinajstić information content (AvgIpc) is 3.96. The lowest BCUT2D eigenvalue weighted by Gasteiger charge is -2.32. The molecule has 2 aromatic heterocycles. The lowest BCUT2D eigenvalue weighted by molar-refractivity contribution is -0.137. The Bertz CT molecular complexity index is 1910. The Hall–Kier alpha value is -5.17. The van der Waals surface area contributed by atoms with E-state index in [0.717, 1.165) is 64.6 Å². The number of carbonyl (C=O) groups is 3. The molecule has 2 fully saturated rings. The highest BCUT2D eigenvalue weighted by Crippen LogP contribution is 2.38. The van der Waals surface area contributed by atoms with Gasteiger partial charge in [-0.15, -0.1) is 0 Å². The molecular weight excluding hydrogens is 686 g/mol. The zero-order valence-electron chi connectivity index (χ0n) is 32.5. The molecule has 13 heteroatoms. The van der Waals surface area contributed by atoms with Crippen LogP contribution >= 0.6 is 0 Å². The quantitative estimate of drug-likeness (QED) is 0.151. The van der Waals surface area contributed by atoms with Crippen molar-refractivity contribution < 1.29 is 28.6 Å². The first kappa shape index (κ1) is 38.6. The summed E-state index contributed by atoms with van der Waals surface area (Å²) in [6.45, 7) is 12.6. The average molecular weight is 740 g/mol. The highest BCUT2D eigenvalue weighted by atomic mass is 16.6. The van der Waals surface area contributed by atoms with Gasteiger partial charge in [0.15, 0.2) is 0 Å². The van der Waals surface area contributed by atoms with Crippen LogP contribution in [-0.2, 0) is 19.0 Å². The van der Waals surface area contributed by atoms with Crippen molar-refractivity contribution in [1.29, 1.82) is 0 Å². The monoisotopic (exact) mass is 739 g/mol. The molecular formula is C41H53N7O6. The molecule has 2 aliphatic rings. The fourth-order valence-corrected chi connectivity index (χ4v) is 7.53. The molecule has 0 bridgehead atoms. The molecule has 2 unspecified atom stereocenters. The normalized spacial score (nSPS) is 20.7. The molecule has 4 aromatic rings. The number of alkyl carbamates (subject to hydrolysis) is 1. The summed E-state index contributed by atoms with van der Waals surface area (Å²) in [4.78, 5) is 58.8. The molecule has 13 nitrogen and oxygen atoms in total. The van der Waals surface area contributed by atoms with Crippen LogP contribution in [0.25, 0.3) is 33.6 Å². The Morgan fingerprint density at radius 1 is 0.852 bits per heavy atom. The first-order chi connectivity index (χ1) is 25.8. The standard InChI is InChI=1S/C41H53N7O6/c1-24(2)35(46-39(50)53-8)38(49)48-25(3)9-18-33(48)36-42-20-31(44-36)29-14-10-27(11-15-29)28-12-16-30(17-13-28)32-21-43-37(45-32)34-19-26(23-52-7)22-47(34)40(51)54-41(4,5)6/h10-17,20-21,24-26,33-35H,9,18-19,22-23H2,1-8H3,(H,42,44)(H,43,45)(H,46,50)/t25-,26?,33-,34?,35-/m0/s1. The van der Waals surface area contributed by atoms with Gasteiger partial charge in [-0.25, -0.2) is 19.6 Å². The molecule has 0 aliphatic carbocycles. The van der Waals surface area contributed by atoms with Crippen molar-refractivity contribution in [2.45, 2.75) is 90.6 Å². The number of benzene rings is 2. The second kappa shape index (κ2) is 16.1. The van der Waals surface area contributed by atoms with Crippen LogP contribution in [0.15, 0.2) is 60.9 Å². The van der Waals surface area contributed by atoms with Crippen LogP contribution in [0.3, 0.4) is 0 Å².